The van der Waals surface area contributed by atoms with E-state index in [2.05, 4.69) is 17.0 Å². The molecule has 0 aromatic heterocycles. The lowest BCUT2D eigenvalue weighted by atomic mass is 9.86. The van der Waals surface area contributed by atoms with Gasteiger partial charge in [0.25, 0.3) is 0 Å². The van der Waals surface area contributed by atoms with Gasteiger partial charge in [-0.15, -0.1) is 0 Å². The monoisotopic (exact) mass is 260 g/mol. The first kappa shape index (κ1) is 12.0. The number of hydrogen-bond acceptors (Lipinski definition) is 2. The molecule has 0 bridgehead atoms. The van der Waals surface area contributed by atoms with E-state index in [1.165, 1.54) is 50.9 Å². The van der Waals surface area contributed by atoms with Crippen LogP contribution in [0.4, 0.5) is 5.69 Å². The molecule has 0 radical (unpaired) electrons. The lowest BCUT2D eigenvalue weighted by Gasteiger charge is -2.24. The smallest absolute Gasteiger partial charge is 0.103 e. The predicted octanol–water partition coefficient (Wildman–Crippen LogP) is 3.09. The van der Waals surface area contributed by atoms with Crippen molar-refractivity contribution >= 4 is 22.9 Å². The summed E-state index contributed by atoms with van der Waals surface area (Å²) in [5, 5.41) is 0. The van der Waals surface area contributed by atoms with Gasteiger partial charge in [0.2, 0.25) is 0 Å². The molecule has 1 aromatic rings. The third-order valence-corrected chi connectivity index (χ3v) is 4.86. The Morgan fingerprint density at radius 3 is 2.39 bits per heavy atom. The summed E-state index contributed by atoms with van der Waals surface area (Å²) >= 11 is 4.99. The minimum Gasteiger partial charge on any atom is -0.389 e. The average molecular weight is 260 g/mol. The molecule has 3 heteroatoms. The molecule has 0 atom stereocenters. The van der Waals surface area contributed by atoms with E-state index in [1.54, 1.807) is 0 Å². The SMILES string of the molecule is NC(=S)c1ccc(N2CCC3(CCCC3)C2)cc1. The number of nitrogens with zero attached hydrogens (tertiary/aromatic N) is 1. The fraction of sp³-hybridized carbons (Fsp3) is 0.533. The maximum Gasteiger partial charge on any atom is 0.103 e. The summed E-state index contributed by atoms with van der Waals surface area (Å²) in [4.78, 5) is 3.00. The van der Waals surface area contributed by atoms with Crippen LogP contribution in [0.2, 0.25) is 0 Å². The Hall–Kier alpha value is -1.09. The molecule has 1 saturated heterocycles. The van der Waals surface area contributed by atoms with Crippen molar-refractivity contribution < 1.29 is 0 Å². The van der Waals surface area contributed by atoms with Crippen LogP contribution in [0.5, 0.6) is 0 Å². The molecule has 1 spiro atoms. The van der Waals surface area contributed by atoms with Gasteiger partial charge in [0.1, 0.15) is 4.99 Å². The molecule has 0 amide bonds. The molecule has 1 saturated carbocycles. The summed E-state index contributed by atoms with van der Waals surface area (Å²) in [6.07, 6.45) is 7.06. The highest BCUT2D eigenvalue weighted by Crippen LogP contribution is 2.46. The van der Waals surface area contributed by atoms with Crippen molar-refractivity contribution in [1.29, 1.82) is 0 Å². The van der Waals surface area contributed by atoms with Crippen LogP contribution in [0.25, 0.3) is 0 Å². The fourth-order valence-corrected chi connectivity index (χ4v) is 3.66. The van der Waals surface area contributed by atoms with Crippen LogP contribution in [-0.4, -0.2) is 18.1 Å². The van der Waals surface area contributed by atoms with Crippen molar-refractivity contribution in [2.24, 2.45) is 11.1 Å². The van der Waals surface area contributed by atoms with E-state index in [4.69, 9.17) is 18.0 Å². The summed E-state index contributed by atoms with van der Waals surface area (Å²) in [5.41, 5.74) is 8.54. The number of rotatable bonds is 2. The van der Waals surface area contributed by atoms with Gasteiger partial charge >= 0.3 is 0 Å². The van der Waals surface area contributed by atoms with E-state index in [0.29, 0.717) is 10.4 Å². The Morgan fingerprint density at radius 1 is 1.11 bits per heavy atom. The Bertz CT molecular complexity index is 446. The molecular formula is C15H20N2S. The van der Waals surface area contributed by atoms with Crippen molar-refractivity contribution in [1.82, 2.24) is 0 Å². The number of nitrogens with two attached hydrogens (primary N) is 1. The van der Waals surface area contributed by atoms with Gasteiger partial charge in [0.15, 0.2) is 0 Å². The normalized spacial score (nSPS) is 21.7. The first-order valence-electron chi connectivity index (χ1n) is 6.83. The standard InChI is InChI=1S/C15H20N2S/c16-14(18)12-3-5-13(6-4-12)17-10-9-15(11-17)7-1-2-8-15/h3-6H,1-2,7-11H2,(H2,16,18). The summed E-state index contributed by atoms with van der Waals surface area (Å²) in [5.74, 6) is 0. The minimum atomic E-state index is 0.482. The van der Waals surface area contributed by atoms with Gasteiger partial charge in [-0.25, -0.2) is 0 Å². The second-order valence-electron chi connectivity index (χ2n) is 5.79. The first-order valence-corrected chi connectivity index (χ1v) is 7.24. The highest BCUT2D eigenvalue weighted by Gasteiger charge is 2.40. The summed E-state index contributed by atoms with van der Waals surface area (Å²) < 4.78 is 0. The first-order chi connectivity index (χ1) is 8.69. The largest absolute Gasteiger partial charge is 0.389 e. The van der Waals surface area contributed by atoms with Crippen LogP contribution < -0.4 is 10.6 Å². The Morgan fingerprint density at radius 2 is 1.78 bits per heavy atom. The van der Waals surface area contributed by atoms with Crippen molar-refractivity contribution in [2.75, 3.05) is 18.0 Å². The van der Waals surface area contributed by atoms with E-state index >= 15 is 0 Å². The molecule has 0 unspecified atom stereocenters. The van der Waals surface area contributed by atoms with Crippen molar-refractivity contribution in [3.63, 3.8) is 0 Å². The van der Waals surface area contributed by atoms with Crippen molar-refractivity contribution in [2.45, 2.75) is 32.1 Å². The van der Waals surface area contributed by atoms with Gasteiger partial charge < -0.3 is 10.6 Å². The summed E-state index contributed by atoms with van der Waals surface area (Å²) in [6, 6.07) is 8.39. The van der Waals surface area contributed by atoms with Crippen LogP contribution >= 0.6 is 12.2 Å². The van der Waals surface area contributed by atoms with Gasteiger partial charge in [0.05, 0.1) is 0 Å². The molecule has 3 rings (SSSR count). The van der Waals surface area contributed by atoms with Crippen molar-refractivity contribution in [3.05, 3.63) is 29.8 Å². The van der Waals surface area contributed by atoms with Gasteiger partial charge in [0, 0.05) is 24.3 Å². The predicted molar refractivity (Wildman–Crippen MR) is 80.1 cm³/mol. The molecular weight excluding hydrogens is 240 g/mol. The van der Waals surface area contributed by atoms with Crippen molar-refractivity contribution in [3.8, 4) is 0 Å². The molecule has 2 nitrogen and oxygen atoms in total. The molecule has 1 heterocycles. The van der Waals surface area contributed by atoms with Crippen LogP contribution in [0.1, 0.15) is 37.7 Å². The number of benzene rings is 1. The zero-order chi connectivity index (χ0) is 12.6. The Labute approximate surface area is 114 Å². The highest BCUT2D eigenvalue weighted by molar-refractivity contribution is 7.80. The second-order valence-corrected chi connectivity index (χ2v) is 6.23. The van der Waals surface area contributed by atoms with Gasteiger partial charge in [-0.3, -0.25) is 0 Å². The maximum absolute atomic E-state index is 5.63. The van der Waals surface area contributed by atoms with Crippen LogP contribution in [0.15, 0.2) is 24.3 Å². The fourth-order valence-electron chi connectivity index (χ4n) is 3.53. The Kier molecular flexibility index (Phi) is 3.02. The topological polar surface area (TPSA) is 29.3 Å². The van der Waals surface area contributed by atoms with Gasteiger partial charge in [-0.1, -0.05) is 25.1 Å². The minimum absolute atomic E-state index is 0.482. The molecule has 1 aliphatic carbocycles. The zero-order valence-electron chi connectivity index (χ0n) is 10.7. The van der Waals surface area contributed by atoms with Gasteiger partial charge in [-0.2, -0.15) is 0 Å². The quantitative estimate of drug-likeness (QED) is 0.829. The average Bonchev–Trinajstić information content (AvgIpc) is 3.01. The molecule has 2 fully saturated rings. The zero-order valence-corrected chi connectivity index (χ0v) is 11.5. The molecule has 1 aromatic carbocycles. The van der Waals surface area contributed by atoms with E-state index in [0.717, 1.165) is 5.56 Å². The molecule has 1 aliphatic heterocycles. The number of thiocarbonyl (C=S) groups is 1. The highest BCUT2D eigenvalue weighted by atomic mass is 32.1. The van der Waals surface area contributed by atoms with Crippen LogP contribution in [0.3, 0.4) is 0 Å². The molecule has 2 N–H and O–H groups in total. The third-order valence-electron chi connectivity index (χ3n) is 4.62. The molecule has 2 aliphatic rings. The summed E-state index contributed by atoms with van der Waals surface area (Å²) in [6.45, 7) is 2.44. The molecule has 18 heavy (non-hydrogen) atoms. The maximum atomic E-state index is 5.63. The third kappa shape index (κ3) is 2.12. The van der Waals surface area contributed by atoms with Crippen LogP contribution in [0, 0.1) is 5.41 Å². The van der Waals surface area contributed by atoms with Gasteiger partial charge in [-0.05, 0) is 48.9 Å². The lowest BCUT2D eigenvalue weighted by molar-refractivity contribution is 0.341. The summed E-state index contributed by atoms with van der Waals surface area (Å²) in [7, 11) is 0. The lowest BCUT2D eigenvalue weighted by Crippen LogP contribution is -2.24. The van der Waals surface area contributed by atoms with E-state index in [-0.39, 0.29) is 0 Å². The van der Waals surface area contributed by atoms with Crippen LogP contribution in [-0.2, 0) is 0 Å². The number of anilines is 1. The van der Waals surface area contributed by atoms with E-state index in [9.17, 15) is 0 Å². The Balaban J connectivity index is 1.74. The number of hydrogen-bond donors (Lipinski definition) is 1. The molecule has 96 valence electrons. The van der Waals surface area contributed by atoms with E-state index < -0.39 is 0 Å². The van der Waals surface area contributed by atoms with E-state index in [1.807, 2.05) is 12.1 Å². The second kappa shape index (κ2) is 4.54.